The molecule has 10 heteroatoms. The van der Waals surface area contributed by atoms with E-state index in [1.807, 2.05) is 12.1 Å². The van der Waals surface area contributed by atoms with Crippen molar-refractivity contribution in [3.63, 3.8) is 0 Å². The van der Waals surface area contributed by atoms with Gasteiger partial charge in [-0.2, -0.15) is 10.2 Å². The van der Waals surface area contributed by atoms with Crippen LogP contribution < -0.4 is 16.0 Å². The van der Waals surface area contributed by atoms with Crippen LogP contribution in [0.25, 0.3) is 11.3 Å². The van der Waals surface area contributed by atoms with E-state index in [9.17, 15) is 4.79 Å². The molecule has 1 fully saturated rings. The lowest BCUT2D eigenvalue weighted by Crippen LogP contribution is -2.44. The summed E-state index contributed by atoms with van der Waals surface area (Å²) in [4.78, 5) is 32.2. The van der Waals surface area contributed by atoms with E-state index in [1.54, 1.807) is 17.0 Å². The SMILES string of the molecule is CN1CCN(c2cc(-c3ccc4c(c3)CN(C(=O)Nc3ccc(C#N)cn3)CC4)nc(N)n2)CC1. The Hall–Kier alpha value is -4.23. The van der Waals surface area contributed by atoms with Gasteiger partial charge in [0.25, 0.3) is 0 Å². The van der Waals surface area contributed by atoms with E-state index in [4.69, 9.17) is 11.0 Å². The fourth-order valence-corrected chi connectivity index (χ4v) is 4.41. The van der Waals surface area contributed by atoms with Gasteiger partial charge in [-0.05, 0) is 42.8 Å². The molecule has 3 aromatic rings. The number of hydrogen-bond acceptors (Lipinski definition) is 8. The van der Waals surface area contributed by atoms with E-state index >= 15 is 0 Å². The summed E-state index contributed by atoms with van der Waals surface area (Å²) in [6, 6.07) is 13.3. The Morgan fingerprint density at radius 1 is 1.06 bits per heavy atom. The van der Waals surface area contributed by atoms with Crippen molar-refractivity contribution in [3.05, 3.63) is 59.3 Å². The minimum atomic E-state index is -0.220. The average molecular weight is 470 g/mol. The minimum absolute atomic E-state index is 0.220. The molecule has 2 aromatic heterocycles. The number of aromatic nitrogens is 3. The van der Waals surface area contributed by atoms with E-state index in [1.165, 1.54) is 11.8 Å². The standard InChI is InChI=1S/C25H27N9O/c1-32-8-10-33(11-9-32)23-13-21(29-24(27)31-23)19-4-3-18-6-7-34(16-20(18)12-19)25(35)30-22-5-2-17(14-26)15-28-22/h2-5,12-13,15H,6-11,16H2,1H3,(H2,27,29,31)(H,28,30,35). The van der Waals surface area contributed by atoms with Gasteiger partial charge in [-0.25, -0.2) is 14.8 Å². The molecular formula is C25H27N9O. The number of rotatable bonds is 3. The van der Waals surface area contributed by atoms with Gasteiger partial charge >= 0.3 is 6.03 Å². The lowest BCUT2D eigenvalue weighted by molar-refractivity contribution is 0.206. The average Bonchev–Trinajstić information content (AvgIpc) is 2.88. The molecule has 1 saturated heterocycles. The van der Waals surface area contributed by atoms with Crippen molar-refractivity contribution < 1.29 is 4.79 Å². The number of fused-ring (bicyclic) bond motifs is 1. The lowest BCUT2D eigenvalue weighted by Gasteiger charge is -2.33. The van der Waals surface area contributed by atoms with E-state index in [0.29, 0.717) is 24.5 Å². The summed E-state index contributed by atoms with van der Waals surface area (Å²) in [5.74, 6) is 1.51. The number of nitriles is 1. The zero-order valence-corrected chi connectivity index (χ0v) is 19.6. The number of nitrogens with two attached hydrogens (primary N) is 1. The van der Waals surface area contributed by atoms with Crippen LogP contribution in [-0.2, 0) is 13.0 Å². The molecule has 2 aliphatic rings. The monoisotopic (exact) mass is 469 g/mol. The van der Waals surface area contributed by atoms with Gasteiger partial charge < -0.3 is 20.4 Å². The number of carbonyl (C=O) groups excluding carboxylic acids is 1. The fraction of sp³-hybridized carbons (Fsp3) is 0.320. The van der Waals surface area contributed by atoms with Crippen LogP contribution >= 0.6 is 0 Å². The normalized spacial score (nSPS) is 15.9. The zero-order chi connectivity index (χ0) is 24.4. The molecule has 35 heavy (non-hydrogen) atoms. The third kappa shape index (κ3) is 5.00. The smallest absolute Gasteiger partial charge is 0.323 e. The van der Waals surface area contributed by atoms with Crippen molar-refractivity contribution >= 4 is 23.6 Å². The molecule has 178 valence electrons. The zero-order valence-electron chi connectivity index (χ0n) is 19.6. The number of anilines is 3. The van der Waals surface area contributed by atoms with Gasteiger partial charge in [0.05, 0.1) is 11.3 Å². The van der Waals surface area contributed by atoms with Crippen molar-refractivity contribution in [2.24, 2.45) is 0 Å². The maximum atomic E-state index is 12.8. The highest BCUT2D eigenvalue weighted by Gasteiger charge is 2.22. The van der Waals surface area contributed by atoms with Crippen LogP contribution in [0.2, 0.25) is 0 Å². The summed E-state index contributed by atoms with van der Waals surface area (Å²) in [5, 5.41) is 11.7. The maximum absolute atomic E-state index is 12.8. The number of pyridine rings is 1. The van der Waals surface area contributed by atoms with Gasteiger partial charge in [0.2, 0.25) is 5.95 Å². The van der Waals surface area contributed by atoms with Gasteiger partial charge in [-0.15, -0.1) is 0 Å². The quantitative estimate of drug-likeness (QED) is 0.598. The summed E-state index contributed by atoms with van der Waals surface area (Å²) < 4.78 is 0. The van der Waals surface area contributed by atoms with Crippen LogP contribution in [0, 0.1) is 11.3 Å². The number of piperazine rings is 1. The summed E-state index contributed by atoms with van der Waals surface area (Å²) in [6.45, 7) is 4.85. The Morgan fingerprint density at radius 3 is 2.63 bits per heavy atom. The Balaban J connectivity index is 1.33. The van der Waals surface area contributed by atoms with Crippen LogP contribution in [0.4, 0.5) is 22.4 Å². The highest BCUT2D eigenvalue weighted by molar-refractivity contribution is 5.88. The molecule has 10 nitrogen and oxygen atoms in total. The van der Waals surface area contributed by atoms with Crippen molar-refractivity contribution in [2.75, 3.05) is 55.7 Å². The third-order valence-electron chi connectivity index (χ3n) is 6.49. The number of likely N-dealkylation sites (N-methyl/N-ethyl adjacent to an activating group) is 1. The molecule has 5 rings (SSSR count). The first-order valence-electron chi connectivity index (χ1n) is 11.6. The first-order valence-corrected chi connectivity index (χ1v) is 11.6. The molecule has 3 N–H and O–H groups in total. The van der Waals surface area contributed by atoms with Crippen LogP contribution in [0.1, 0.15) is 16.7 Å². The van der Waals surface area contributed by atoms with E-state index in [0.717, 1.165) is 55.2 Å². The summed E-state index contributed by atoms with van der Waals surface area (Å²) in [5.41, 5.74) is 10.5. The van der Waals surface area contributed by atoms with Crippen LogP contribution in [0.3, 0.4) is 0 Å². The first kappa shape index (κ1) is 22.6. The molecule has 0 aliphatic carbocycles. The van der Waals surface area contributed by atoms with Crippen molar-refractivity contribution in [1.82, 2.24) is 24.8 Å². The number of nitrogen functional groups attached to an aromatic ring is 1. The maximum Gasteiger partial charge on any atom is 0.323 e. The Morgan fingerprint density at radius 2 is 1.89 bits per heavy atom. The molecule has 1 aromatic carbocycles. The molecule has 0 bridgehead atoms. The summed E-state index contributed by atoms with van der Waals surface area (Å²) in [7, 11) is 2.12. The number of nitrogens with one attached hydrogen (secondary N) is 1. The van der Waals surface area contributed by atoms with Gasteiger partial charge in [-0.3, -0.25) is 5.32 Å². The Labute approximate surface area is 204 Å². The van der Waals surface area contributed by atoms with E-state index in [-0.39, 0.29) is 12.0 Å². The van der Waals surface area contributed by atoms with Crippen LogP contribution in [0.15, 0.2) is 42.6 Å². The third-order valence-corrected chi connectivity index (χ3v) is 6.49. The number of urea groups is 1. The van der Waals surface area contributed by atoms with Crippen molar-refractivity contribution in [1.29, 1.82) is 5.26 Å². The van der Waals surface area contributed by atoms with E-state index < -0.39 is 0 Å². The second-order valence-corrected chi connectivity index (χ2v) is 8.89. The molecule has 0 saturated carbocycles. The Bertz CT molecular complexity index is 1280. The molecule has 2 aliphatic heterocycles. The highest BCUT2D eigenvalue weighted by Crippen LogP contribution is 2.28. The topological polar surface area (TPSA) is 127 Å². The minimum Gasteiger partial charge on any atom is -0.368 e. The predicted molar refractivity (Wildman–Crippen MR) is 134 cm³/mol. The second-order valence-electron chi connectivity index (χ2n) is 8.89. The molecule has 2 amide bonds. The van der Waals surface area contributed by atoms with Crippen molar-refractivity contribution in [2.45, 2.75) is 13.0 Å². The van der Waals surface area contributed by atoms with Gasteiger partial charge in [0.1, 0.15) is 17.7 Å². The first-order chi connectivity index (χ1) is 17.0. The number of amides is 2. The van der Waals surface area contributed by atoms with Crippen LogP contribution in [0.5, 0.6) is 0 Å². The summed E-state index contributed by atoms with van der Waals surface area (Å²) in [6.07, 6.45) is 2.21. The number of benzene rings is 1. The predicted octanol–water partition coefficient (Wildman–Crippen LogP) is 2.33. The Kier molecular flexibility index (Phi) is 6.16. The molecule has 0 unspecified atom stereocenters. The van der Waals surface area contributed by atoms with Gasteiger partial charge in [-0.1, -0.05) is 12.1 Å². The number of carbonyl (C=O) groups is 1. The van der Waals surface area contributed by atoms with Gasteiger partial charge in [0, 0.05) is 57.1 Å². The largest absolute Gasteiger partial charge is 0.368 e. The highest BCUT2D eigenvalue weighted by atomic mass is 16.2. The summed E-state index contributed by atoms with van der Waals surface area (Å²) >= 11 is 0. The van der Waals surface area contributed by atoms with Gasteiger partial charge in [0.15, 0.2) is 0 Å². The fourth-order valence-electron chi connectivity index (χ4n) is 4.41. The molecule has 0 radical (unpaired) electrons. The second kappa shape index (κ2) is 9.56. The number of nitrogens with zero attached hydrogens (tertiary/aromatic N) is 7. The molecular weight excluding hydrogens is 442 g/mol. The lowest BCUT2D eigenvalue weighted by atomic mass is 9.96. The van der Waals surface area contributed by atoms with E-state index in [2.05, 4.69) is 55.3 Å². The molecule has 0 spiro atoms. The molecule has 4 heterocycles. The number of hydrogen-bond donors (Lipinski definition) is 2. The van der Waals surface area contributed by atoms with Crippen LogP contribution in [-0.4, -0.2) is 70.6 Å². The molecule has 0 atom stereocenters. The van der Waals surface area contributed by atoms with Crippen molar-refractivity contribution in [3.8, 4) is 17.3 Å².